The minimum atomic E-state index is -0.0252. The van der Waals surface area contributed by atoms with Gasteiger partial charge in [0.05, 0.1) is 18.8 Å². The fourth-order valence-electron chi connectivity index (χ4n) is 1.92. The molecule has 0 unspecified atom stereocenters. The molecular formula is C9H16N4O. The van der Waals surface area contributed by atoms with Gasteiger partial charge in [0.1, 0.15) is 5.69 Å². The highest BCUT2D eigenvalue weighted by atomic mass is 16.3. The summed E-state index contributed by atoms with van der Waals surface area (Å²) in [5.74, 6) is 0. The number of aliphatic hydroxyl groups excluding tert-OH is 1. The second-order valence-corrected chi connectivity index (χ2v) is 3.91. The van der Waals surface area contributed by atoms with Crippen LogP contribution >= 0.6 is 0 Å². The molecule has 1 aromatic rings. The van der Waals surface area contributed by atoms with E-state index in [2.05, 4.69) is 22.3 Å². The highest BCUT2D eigenvalue weighted by Gasteiger charge is 2.19. The van der Waals surface area contributed by atoms with Crippen molar-refractivity contribution in [3.8, 4) is 0 Å². The maximum atomic E-state index is 8.88. The van der Waals surface area contributed by atoms with Gasteiger partial charge in [0.25, 0.3) is 0 Å². The van der Waals surface area contributed by atoms with E-state index in [0.29, 0.717) is 11.7 Å². The second-order valence-electron chi connectivity index (χ2n) is 3.91. The van der Waals surface area contributed by atoms with Crippen LogP contribution in [-0.4, -0.2) is 45.1 Å². The summed E-state index contributed by atoms with van der Waals surface area (Å²) in [6, 6.07) is 0.418. The summed E-state index contributed by atoms with van der Waals surface area (Å²) < 4.78 is 1.88. The summed E-state index contributed by atoms with van der Waals surface area (Å²) in [4.78, 5) is 2.30. The molecule has 5 heteroatoms. The minimum absolute atomic E-state index is 0.0252. The summed E-state index contributed by atoms with van der Waals surface area (Å²) in [6.07, 6.45) is 4.19. The lowest BCUT2D eigenvalue weighted by molar-refractivity contribution is 0.200. The quantitative estimate of drug-likeness (QED) is 0.725. The van der Waals surface area contributed by atoms with E-state index in [1.807, 2.05) is 10.9 Å². The number of piperidine rings is 1. The van der Waals surface area contributed by atoms with Crippen LogP contribution in [0.5, 0.6) is 0 Å². The molecule has 0 aromatic carbocycles. The van der Waals surface area contributed by atoms with Crippen molar-refractivity contribution < 1.29 is 5.11 Å². The number of nitrogens with zero attached hydrogens (tertiary/aromatic N) is 4. The molecule has 78 valence electrons. The molecule has 0 radical (unpaired) electrons. The van der Waals surface area contributed by atoms with Crippen LogP contribution < -0.4 is 0 Å². The molecule has 0 saturated carbocycles. The van der Waals surface area contributed by atoms with Crippen molar-refractivity contribution in [2.24, 2.45) is 0 Å². The third-order valence-corrected chi connectivity index (χ3v) is 2.69. The Morgan fingerprint density at radius 1 is 1.64 bits per heavy atom. The molecule has 0 spiro atoms. The minimum Gasteiger partial charge on any atom is -0.390 e. The van der Waals surface area contributed by atoms with E-state index in [9.17, 15) is 0 Å². The normalized spacial score (nSPS) is 24.0. The topological polar surface area (TPSA) is 54.2 Å². The summed E-state index contributed by atoms with van der Waals surface area (Å²) in [5, 5.41) is 16.8. The van der Waals surface area contributed by atoms with Crippen LogP contribution in [0.25, 0.3) is 0 Å². The molecule has 1 aliphatic heterocycles. The number of rotatable bonds is 2. The summed E-state index contributed by atoms with van der Waals surface area (Å²) in [7, 11) is 2.12. The molecule has 0 bridgehead atoms. The Kier molecular flexibility index (Phi) is 2.79. The Morgan fingerprint density at radius 3 is 3.14 bits per heavy atom. The fraction of sp³-hybridized carbons (Fsp3) is 0.778. The fourth-order valence-corrected chi connectivity index (χ4v) is 1.92. The van der Waals surface area contributed by atoms with Crippen LogP contribution in [0, 0.1) is 0 Å². The summed E-state index contributed by atoms with van der Waals surface area (Å²) in [5.41, 5.74) is 0.651. The largest absolute Gasteiger partial charge is 0.390 e. The van der Waals surface area contributed by atoms with Gasteiger partial charge >= 0.3 is 0 Å². The first-order valence-electron chi connectivity index (χ1n) is 4.99. The number of aliphatic hydroxyl groups is 1. The van der Waals surface area contributed by atoms with E-state index in [1.165, 1.54) is 6.42 Å². The SMILES string of the molecule is CN1CCC[C@@H](n2cc(CO)nn2)C1. The zero-order valence-electron chi connectivity index (χ0n) is 8.43. The zero-order valence-corrected chi connectivity index (χ0v) is 8.43. The number of hydrogen-bond acceptors (Lipinski definition) is 4. The van der Waals surface area contributed by atoms with E-state index < -0.39 is 0 Å². The molecule has 5 nitrogen and oxygen atoms in total. The van der Waals surface area contributed by atoms with Gasteiger partial charge in [-0.05, 0) is 26.4 Å². The lowest BCUT2D eigenvalue weighted by Crippen LogP contribution is -2.33. The first kappa shape index (κ1) is 9.61. The Hall–Kier alpha value is -0.940. The van der Waals surface area contributed by atoms with Gasteiger partial charge in [-0.3, -0.25) is 0 Å². The molecule has 14 heavy (non-hydrogen) atoms. The highest BCUT2D eigenvalue weighted by molar-refractivity contribution is 4.91. The Morgan fingerprint density at radius 2 is 2.50 bits per heavy atom. The van der Waals surface area contributed by atoms with Crippen molar-refractivity contribution in [2.75, 3.05) is 20.1 Å². The van der Waals surface area contributed by atoms with Crippen molar-refractivity contribution in [3.05, 3.63) is 11.9 Å². The molecule has 1 fully saturated rings. The van der Waals surface area contributed by atoms with Crippen molar-refractivity contribution in [2.45, 2.75) is 25.5 Å². The van der Waals surface area contributed by atoms with Gasteiger partial charge < -0.3 is 10.0 Å². The predicted molar refractivity (Wildman–Crippen MR) is 51.7 cm³/mol. The van der Waals surface area contributed by atoms with Crippen molar-refractivity contribution in [1.82, 2.24) is 19.9 Å². The van der Waals surface area contributed by atoms with Gasteiger partial charge in [-0.1, -0.05) is 5.21 Å². The molecule has 2 rings (SSSR count). The average Bonchev–Trinajstić information content (AvgIpc) is 2.66. The Bertz CT molecular complexity index is 299. The van der Waals surface area contributed by atoms with Gasteiger partial charge in [-0.2, -0.15) is 0 Å². The van der Waals surface area contributed by atoms with Crippen molar-refractivity contribution in [3.63, 3.8) is 0 Å². The number of likely N-dealkylation sites (tertiary alicyclic amines) is 1. The van der Waals surface area contributed by atoms with Gasteiger partial charge in [-0.15, -0.1) is 5.10 Å². The Labute approximate surface area is 83.3 Å². The molecule has 1 aromatic heterocycles. The lowest BCUT2D eigenvalue weighted by Gasteiger charge is -2.29. The van der Waals surface area contributed by atoms with Crippen molar-refractivity contribution >= 4 is 0 Å². The zero-order chi connectivity index (χ0) is 9.97. The summed E-state index contributed by atoms with van der Waals surface area (Å²) in [6.45, 7) is 2.16. The highest BCUT2D eigenvalue weighted by Crippen LogP contribution is 2.19. The molecule has 0 amide bonds. The molecule has 1 atom stereocenters. The van der Waals surface area contributed by atoms with E-state index in [1.54, 1.807) is 0 Å². The smallest absolute Gasteiger partial charge is 0.108 e. The second kappa shape index (κ2) is 4.06. The first-order chi connectivity index (χ1) is 6.79. The molecule has 2 heterocycles. The van der Waals surface area contributed by atoms with Crippen molar-refractivity contribution in [1.29, 1.82) is 0 Å². The predicted octanol–water partition coefficient (Wildman–Crippen LogP) is 0.0371. The molecular weight excluding hydrogens is 180 g/mol. The van der Waals surface area contributed by atoms with Crippen LogP contribution in [0.2, 0.25) is 0 Å². The van der Waals surface area contributed by atoms with Gasteiger partial charge in [-0.25, -0.2) is 4.68 Å². The first-order valence-corrected chi connectivity index (χ1v) is 4.99. The Balaban J connectivity index is 2.06. The molecule has 1 aliphatic rings. The van der Waals surface area contributed by atoms with Crippen LogP contribution in [-0.2, 0) is 6.61 Å². The monoisotopic (exact) mass is 196 g/mol. The van der Waals surface area contributed by atoms with Crippen LogP contribution in [0.3, 0.4) is 0 Å². The summed E-state index contributed by atoms with van der Waals surface area (Å²) >= 11 is 0. The van der Waals surface area contributed by atoms with Crippen LogP contribution in [0.1, 0.15) is 24.6 Å². The van der Waals surface area contributed by atoms with Crippen LogP contribution in [0.15, 0.2) is 6.20 Å². The number of aromatic nitrogens is 3. The van der Waals surface area contributed by atoms with Gasteiger partial charge in [0.2, 0.25) is 0 Å². The third-order valence-electron chi connectivity index (χ3n) is 2.69. The maximum Gasteiger partial charge on any atom is 0.108 e. The standard InChI is InChI=1S/C9H16N4O/c1-12-4-2-3-9(6-12)13-5-8(7-14)10-11-13/h5,9,14H,2-4,6-7H2,1H3/t9-/m1/s1. The molecule has 1 saturated heterocycles. The van der Waals surface area contributed by atoms with E-state index >= 15 is 0 Å². The molecule has 1 N–H and O–H groups in total. The van der Waals surface area contributed by atoms with E-state index in [4.69, 9.17) is 5.11 Å². The average molecular weight is 196 g/mol. The number of likely N-dealkylation sites (N-methyl/N-ethyl adjacent to an activating group) is 1. The van der Waals surface area contributed by atoms with E-state index in [0.717, 1.165) is 19.5 Å². The third kappa shape index (κ3) is 1.93. The lowest BCUT2D eigenvalue weighted by atomic mass is 10.1. The van der Waals surface area contributed by atoms with E-state index in [-0.39, 0.29) is 6.61 Å². The number of hydrogen-bond donors (Lipinski definition) is 1. The maximum absolute atomic E-state index is 8.88. The molecule has 0 aliphatic carbocycles. The van der Waals surface area contributed by atoms with Gasteiger partial charge in [0, 0.05) is 6.54 Å². The van der Waals surface area contributed by atoms with Gasteiger partial charge in [0.15, 0.2) is 0 Å². The van der Waals surface area contributed by atoms with Crippen LogP contribution in [0.4, 0.5) is 0 Å².